The van der Waals surface area contributed by atoms with E-state index in [2.05, 4.69) is 12.0 Å². The molecule has 0 aliphatic heterocycles. The molecule has 1 rings (SSSR count). The van der Waals surface area contributed by atoms with Crippen molar-refractivity contribution >= 4 is 5.78 Å². The van der Waals surface area contributed by atoms with E-state index in [9.17, 15) is 4.79 Å². The lowest BCUT2D eigenvalue weighted by Crippen LogP contribution is -2.15. The zero-order valence-electron chi connectivity index (χ0n) is 13.1. The highest BCUT2D eigenvalue weighted by Gasteiger charge is 2.21. The van der Waals surface area contributed by atoms with Crippen molar-refractivity contribution in [3.63, 3.8) is 0 Å². The lowest BCUT2D eigenvalue weighted by atomic mass is 9.95. The molecule has 0 aliphatic rings. The Morgan fingerprint density at radius 1 is 1.45 bits per heavy atom. The van der Waals surface area contributed by atoms with Crippen LogP contribution in [0.2, 0.25) is 0 Å². The summed E-state index contributed by atoms with van der Waals surface area (Å²) in [5.41, 5.74) is 6.18. The first-order valence-corrected chi connectivity index (χ1v) is 7.39. The molecule has 114 valence electrons. The normalized spacial score (nSPS) is 12.7. The summed E-state index contributed by atoms with van der Waals surface area (Å²) in [6, 6.07) is 0.142. The molecule has 0 saturated carbocycles. The third-order valence-corrected chi connectivity index (χ3v) is 3.67. The van der Waals surface area contributed by atoms with E-state index in [4.69, 9.17) is 10.5 Å². The van der Waals surface area contributed by atoms with Crippen LogP contribution in [0, 0.1) is 5.92 Å². The van der Waals surface area contributed by atoms with Gasteiger partial charge in [-0.3, -0.25) is 9.48 Å². The van der Waals surface area contributed by atoms with Gasteiger partial charge < -0.3 is 10.5 Å². The number of methoxy groups -OCH3 is 1. The molecule has 5 nitrogen and oxygen atoms in total. The van der Waals surface area contributed by atoms with E-state index in [1.54, 1.807) is 18.0 Å². The minimum absolute atomic E-state index is 0.100. The second-order valence-corrected chi connectivity index (χ2v) is 5.41. The Labute approximate surface area is 121 Å². The number of nitrogens with two attached hydrogens (primary N) is 1. The van der Waals surface area contributed by atoms with Crippen LogP contribution in [0.3, 0.4) is 0 Å². The largest absolute Gasteiger partial charge is 0.493 e. The topological polar surface area (TPSA) is 70.1 Å². The van der Waals surface area contributed by atoms with Gasteiger partial charge in [-0.25, -0.2) is 0 Å². The summed E-state index contributed by atoms with van der Waals surface area (Å²) in [7, 11) is 1.57. The fourth-order valence-corrected chi connectivity index (χ4v) is 2.39. The quantitative estimate of drug-likeness (QED) is 0.707. The summed E-state index contributed by atoms with van der Waals surface area (Å²) in [6.07, 6.45) is 5.05. The molecular formula is C15H27N3O2. The van der Waals surface area contributed by atoms with E-state index in [0.29, 0.717) is 30.3 Å². The molecule has 1 aromatic heterocycles. The van der Waals surface area contributed by atoms with Gasteiger partial charge in [-0.05, 0) is 39.2 Å². The van der Waals surface area contributed by atoms with Gasteiger partial charge in [0.25, 0.3) is 0 Å². The number of Topliss-reactive ketones (excluding diaryl/α,β-unsaturated/α-hetero) is 1. The van der Waals surface area contributed by atoms with Gasteiger partial charge in [0, 0.05) is 12.5 Å². The first-order chi connectivity index (χ1) is 9.54. The van der Waals surface area contributed by atoms with Crippen molar-refractivity contribution in [2.45, 2.75) is 52.5 Å². The average molecular weight is 281 g/mol. The molecule has 0 aliphatic carbocycles. The van der Waals surface area contributed by atoms with Gasteiger partial charge in [0.05, 0.1) is 13.3 Å². The van der Waals surface area contributed by atoms with Crippen LogP contribution in [0.25, 0.3) is 0 Å². The Bertz CT molecular complexity index is 427. The molecule has 0 aromatic carbocycles. The van der Waals surface area contributed by atoms with Crippen LogP contribution >= 0.6 is 0 Å². The van der Waals surface area contributed by atoms with Crippen molar-refractivity contribution in [1.82, 2.24) is 9.78 Å². The van der Waals surface area contributed by atoms with E-state index in [1.807, 2.05) is 13.8 Å². The molecular weight excluding hydrogens is 254 g/mol. The highest BCUT2D eigenvalue weighted by atomic mass is 16.5. The van der Waals surface area contributed by atoms with Crippen molar-refractivity contribution in [3.8, 4) is 5.75 Å². The maximum Gasteiger partial charge on any atom is 0.184 e. The molecule has 0 bridgehead atoms. The summed E-state index contributed by atoms with van der Waals surface area (Å²) >= 11 is 0. The van der Waals surface area contributed by atoms with Gasteiger partial charge >= 0.3 is 0 Å². The fourth-order valence-electron chi connectivity index (χ4n) is 2.39. The molecule has 1 unspecified atom stereocenters. The monoisotopic (exact) mass is 281 g/mol. The van der Waals surface area contributed by atoms with Crippen LogP contribution in [0.1, 0.15) is 63.0 Å². The number of rotatable bonds is 9. The summed E-state index contributed by atoms with van der Waals surface area (Å²) in [4.78, 5) is 12.5. The first kappa shape index (κ1) is 16.7. The maximum atomic E-state index is 12.5. The number of hydrogen-bond donors (Lipinski definition) is 1. The van der Waals surface area contributed by atoms with Crippen LogP contribution in [-0.4, -0.2) is 29.2 Å². The van der Waals surface area contributed by atoms with Gasteiger partial charge in [-0.15, -0.1) is 0 Å². The minimum atomic E-state index is 0.100. The molecule has 0 spiro atoms. The van der Waals surface area contributed by atoms with Crippen LogP contribution in [-0.2, 0) is 0 Å². The molecule has 1 heterocycles. The molecule has 2 N–H and O–H groups in total. The second-order valence-electron chi connectivity index (χ2n) is 5.41. The SMILES string of the molecule is CCC(CCN)CCC(=O)c1c(OC)cnn1C(C)C. The Balaban J connectivity index is 2.78. The Hall–Kier alpha value is -1.36. The zero-order chi connectivity index (χ0) is 15.1. The molecule has 0 radical (unpaired) electrons. The number of carbonyl (C=O) groups excluding carboxylic acids is 1. The summed E-state index contributed by atoms with van der Waals surface area (Å²) < 4.78 is 6.99. The van der Waals surface area contributed by atoms with E-state index in [1.165, 1.54) is 0 Å². The summed E-state index contributed by atoms with van der Waals surface area (Å²) in [6.45, 7) is 6.84. The van der Waals surface area contributed by atoms with Gasteiger partial charge in [0.15, 0.2) is 11.5 Å². The van der Waals surface area contributed by atoms with Crippen molar-refractivity contribution in [2.75, 3.05) is 13.7 Å². The Kier molecular flexibility index (Phi) is 6.71. The predicted octanol–water partition coefficient (Wildman–Crippen LogP) is 2.81. The van der Waals surface area contributed by atoms with E-state index in [-0.39, 0.29) is 11.8 Å². The smallest absolute Gasteiger partial charge is 0.184 e. The van der Waals surface area contributed by atoms with Crippen molar-refractivity contribution < 1.29 is 9.53 Å². The minimum Gasteiger partial charge on any atom is -0.493 e. The van der Waals surface area contributed by atoms with Gasteiger partial charge in [0.2, 0.25) is 0 Å². The average Bonchev–Trinajstić information content (AvgIpc) is 2.87. The van der Waals surface area contributed by atoms with E-state index < -0.39 is 0 Å². The number of carbonyl (C=O) groups is 1. The molecule has 5 heteroatoms. The second kappa shape index (κ2) is 8.04. The summed E-state index contributed by atoms with van der Waals surface area (Å²) in [5.74, 6) is 1.18. The highest BCUT2D eigenvalue weighted by molar-refractivity contribution is 5.97. The molecule has 0 fully saturated rings. The highest BCUT2D eigenvalue weighted by Crippen LogP contribution is 2.24. The third kappa shape index (κ3) is 4.07. The van der Waals surface area contributed by atoms with Crippen LogP contribution in [0.4, 0.5) is 0 Å². The number of ketones is 1. The van der Waals surface area contributed by atoms with Gasteiger partial charge in [-0.1, -0.05) is 13.3 Å². The molecule has 0 amide bonds. The number of nitrogens with zero attached hydrogens (tertiary/aromatic N) is 2. The first-order valence-electron chi connectivity index (χ1n) is 7.39. The Morgan fingerprint density at radius 2 is 2.15 bits per heavy atom. The third-order valence-electron chi connectivity index (χ3n) is 3.67. The van der Waals surface area contributed by atoms with Crippen molar-refractivity contribution in [3.05, 3.63) is 11.9 Å². The lowest BCUT2D eigenvalue weighted by molar-refractivity contribution is 0.0957. The van der Waals surface area contributed by atoms with Crippen LogP contribution in [0.5, 0.6) is 5.75 Å². The standard InChI is InChI=1S/C15H27N3O2/c1-5-12(8-9-16)6-7-13(19)15-14(20-4)10-17-18(15)11(2)3/h10-12H,5-9,16H2,1-4H3. The Morgan fingerprint density at radius 3 is 2.65 bits per heavy atom. The van der Waals surface area contributed by atoms with Crippen LogP contribution < -0.4 is 10.5 Å². The predicted molar refractivity (Wildman–Crippen MR) is 80.2 cm³/mol. The van der Waals surface area contributed by atoms with E-state index in [0.717, 1.165) is 19.3 Å². The zero-order valence-corrected chi connectivity index (χ0v) is 13.1. The molecule has 1 atom stereocenters. The fraction of sp³-hybridized carbons (Fsp3) is 0.733. The van der Waals surface area contributed by atoms with Crippen molar-refractivity contribution in [2.24, 2.45) is 11.7 Å². The van der Waals surface area contributed by atoms with Gasteiger partial charge in [0.1, 0.15) is 5.69 Å². The van der Waals surface area contributed by atoms with Gasteiger partial charge in [-0.2, -0.15) is 5.10 Å². The van der Waals surface area contributed by atoms with Crippen LogP contribution in [0.15, 0.2) is 6.20 Å². The van der Waals surface area contributed by atoms with Crippen molar-refractivity contribution in [1.29, 1.82) is 0 Å². The maximum absolute atomic E-state index is 12.5. The summed E-state index contributed by atoms with van der Waals surface area (Å²) in [5, 5.41) is 4.24. The molecule has 1 aromatic rings. The number of ether oxygens (including phenoxy) is 1. The number of aromatic nitrogens is 2. The van der Waals surface area contributed by atoms with E-state index >= 15 is 0 Å². The lowest BCUT2D eigenvalue weighted by Gasteiger charge is -2.14. The molecule has 0 saturated heterocycles. The number of hydrogen-bond acceptors (Lipinski definition) is 4. The molecule has 20 heavy (non-hydrogen) atoms.